The van der Waals surface area contributed by atoms with Crippen molar-refractivity contribution in [1.82, 2.24) is 0 Å². The Morgan fingerprint density at radius 3 is 2.63 bits per heavy atom. The summed E-state index contributed by atoms with van der Waals surface area (Å²) in [5.41, 5.74) is 6.66. The van der Waals surface area contributed by atoms with E-state index in [0.29, 0.717) is 13.2 Å². The van der Waals surface area contributed by atoms with Crippen molar-refractivity contribution in [2.24, 2.45) is 5.73 Å². The minimum atomic E-state index is -0.691. The van der Waals surface area contributed by atoms with Gasteiger partial charge in [-0.3, -0.25) is 4.21 Å². The van der Waals surface area contributed by atoms with Crippen LogP contribution in [0.25, 0.3) is 0 Å². The van der Waals surface area contributed by atoms with Crippen LogP contribution in [-0.2, 0) is 17.3 Å². The quantitative estimate of drug-likeness (QED) is 0.672. The second-order valence-electron chi connectivity index (χ2n) is 4.57. The highest BCUT2D eigenvalue weighted by molar-refractivity contribution is 7.84. The maximum absolute atomic E-state index is 11.7. The molecule has 0 spiro atoms. The van der Waals surface area contributed by atoms with E-state index < -0.39 is 10.8 Å². The zero-order valence-corrected chi connectivity index (χ0v) is 12.6. The van der Waals surface area contributed by atoms with Gasteiger partial charge in [0.25, 0.3) is 0 Å². The van der Waals surface area contributed by atoms with Crippen molar-refractivity contribution in [2.45, 2.75) is 39.2 Å². The third-order valence-corrected chi connectivity index (χ3v) is 4.43. The molecule has 0 aliphatic rings. The summed E-state index contributed by atoms with van der Waals surface area (Å²) in [6.07, 6.45) is 4.25. The van der Waals surface area contributed by atoms with Gasteiger partial charge in [-0.2, -0.15) is 0 Å². The van der Waals surface area contributed by atoms with E-state index in [-0.39, 0.29) is 0 Å². The van der Waals surface area contributed by atoms with Gasteiger partial charge in [-0.1, -0.05) is 38.0 Å². The number of unbranched alkanes of at least 4 members (excludes halogenated alkanes) is 2. The van der Waals surface area contributed by atoms with Gasteiger partial charge < -0.3 is 10.5 Å². The molecule has 108 valence electrons. The fraction of sp³-hybridized carbons (Fsp3) is 0.600. The summed E-state index contributed by atoms with van der Waals surface area (Å²) in [4.78, 5) is 0. The van der Waals surface area contributed by atoms with Crippen molar-refractivity contribution >= 4 is 10.8 Å². The van der Waals surface area contributed by atoms with Crippen LogP contribution in [0.1, 0.15) is 38.2 Å². The Morgan fingerprint density at radius 1 is 1.16 bits per heavy atom. The lowest BCUT2D eigenvalue weighted by molar-refractivity contribution is 0.315. The van der Waals surface area contributed by atoms with E-state index in [1.807, 2.05) is 24.3 Å². The molecule has 1 aromatic carbocycles. The van der Waals surface area contributed by atoms with Gasteiger partial charge in [0.1, 0.15) is 5.75 Å². The van der Waals surface area contributed by atoms with Crippen LogP contribution >= 0.6 is 0 Å². The Labute approximate surface area is 119 Å². The standard InChI is InChI=1S/C15H25NO2S/c1-2-3-6-11-19(17)12-7-10-18-15-9-5-4-8-14(15)13-16/h4-5,8-9H,2-3,6-7,10-13,16H2,1H3. The van der Waals surface area contributed by atoms with Crippen molar-refractivity contribution < 1.29 is 8.95 Å². The predicted octanol–water partition coefficient (Wildman–Crippen LogP) is 2.85. The van der Waals surface area contributed by atoms with Crippen molar-refractivity contribution in [3.8, 4) is 5.75 Å². The summed E-state index contributed by atoms with van der Waals surface area (Å²) >= 11 is 0. The van der Waals surface area contributed by atoms with Gasteiger partial charge in [0.05, 0.1) is 6.61 Å². The zero-order chi connectivity index (χ0) is 13.9. The molecule has 0 amide bonds. The van der Waals surface area contributed by atoms with Crippen LogP contribution in [0.5, 0.6) is 5.75 Å². The molecular weight excluding hydrogens is 258 g/mol. The Morgan fingerprint density at radius 2 is 1.89 bits per heavy atom. The number of rotatable bonds is 10. The van der Waals surface area contributed by atoms with Gasteiger partial charge in [0, 0.05) is 34.4 Å². The molecule has 0 aliphatic carbocycles. The zero-order valence-electron chi connectivity index (χ0n) is 11.8. The van der Waals surface area contributed by atoms with Gasteiger partial charge in [0.15, 0.2) is 0 Å². The summed E-state index contributed by atoms with van der Waals surface area (Å²) in [5.74, 6) is 2.41. The summed E-state index contributed by atoms with van der Waals surface area (Å²) in [5, 5.41) is 0. The van der Waals surface area contributed by atoms with Crippen molar-refractivity contribution in [3.05, 3.63) is 29.8 Å². The molecule has 0 fully saturated rings. The SMILES string of the molecule is CCCCCS(=O)CCCOc1ccccc1CN. The molecule has 1 atom stereocenters. The van der Waals surface area contributed by atoms with E-state index in [0.717, 1.165) is 35.7 Å². The van der Waals surface area contributed by atoms with Gasteiger partial charge >= 0.3 is 0 Å². The molecule has 1 unspecified atom stereocenters. The van der Waals surface area contributed by atoms with E-state index in [4.69, 9.17) is 10.5 Å². The average molecular weight is 283 g/mol. The van der Waals surface area contributed by atoms with Crippen LogP contribution in [0.15, 0.2) is 24.3 Å². The third kappa shape index (κ3) is 6.73. The van der Waals surface area contributed by atoms with Crippen molar-refractivity contribution in [1.29, 1.82) is 0 Å². The number of para-hydroxylation sites is 1. The van der Waals surface area contributed by atoms with E-state index in [2.05, 4.69) is 6.92 Å². The number of ether oxygens (including phenoxy) is 1. The van der Waals surface area contributed by atoms with Crippen LogP contribution in [0.3, 0.4) is 0 Å². The molecule has 0 aliphatic heterocycles. The fourth-order valence-corrected chi connectivity index (χ4v) is 3.00. The van der Waals surface area contributed by atoms with Crippen molar-refractivity contribution in [2.75, 3.05) is 18.1 Å². The average Bonchev–Trinajstić information content (AvgIpc) is 2.44. The van der Waals surface area contributed by atoms with Gasteiger partial charge in [0.2, 0.25) is 0 Å². The molecule has 2 N–H and O–H groups in total. The Kier molecular flexibility index (Phi) is 8.50. The maximum atomic E-state index is 11.7. The lowest BCUT2D eigenvalue weighted by Crippen LogP contribution is -2.09. The second-order valence-corrected chi connectivity index (χ2v) is 6.27. The third-order valence-electron chi connectivity index (χ3n) is 2.94. The highest BCUT2D eigenvalue weighted by Crippen LogP contribution is 2.17. The molecular formula is C15H25NO2S. The van der Waals surface area contributed by atoms with E-state index in [1.165, 1.54) is 12.8 Å². The van der Waals surface area contributed by atoms with Gasteiger partial charge in [-0.25, -0.2) is 0 Å². The van der Waals surface area contributed by atoms with E-state index >= 15 is 0 Å². The summed E-state index contributed by atoms with van der Waals surface area (Å²) in [7, 11) is -0.691. The molecule has 0 heterocycles. The number of hydrogen-bond acceptors (Lipinski definition) is 3. The first-order valence-corrected chi connectivity index (χ1v) is 8.52. The molecule has 1 rings (SSSR count). The van der Waals surface area contributed by atoms with Crippen LogP contribution in [0, 0.1) is 0 Å². The van der Waals surface area contributed by atoms with Gasteiger partial charge in [-0.05, 0) is 18.9 Å². The molecule has 19 heavy (non-hydrogen) atoms. The Balaban J connectivity index is 2.18. The summed E-state index contributed by atoms with van der Waals surface area (Å²) < 4.78 is 17.4. The highest BCUT2D eigenvalue weighted by Gasteiger charge is 2.02. The summed E-state index contributed by atoms with van der Waals surface area (Å²) in [6.45, 7) is 3.25. The first-order valence-electron chi connectivity index (χ1n) is 7.03. The van der Waals surface area contributed by atoms with E-state index in [1.54, 1.807) is 0 Å². The molecule has 0 saturated heterocycles. The molecule has 0 saturated carbocycles. The predicted molar refractivity (Wildman–Crippen MR) is 81.8 cm³/mol. The largest absolute Gasteiger partial charge is 0.493 e. The number of nitrogens with two attached hydrogens (primary N) is 1. The molecule has 0 radical (unpaired) electrons. The molecule has 3 nitrogen and oxygen atoms in total. The monoisotopic (exact) mass is 283 g/mol. The number of hydrogen-bond donors (Lipinski definition) is 1. The fourth-order valence-electron chi connectivity index (χ4n) is 1.83. The first-order chi connectivity index (χ1) is 9.27. The molecule has 4 heteroatoms. The minimum absolute atomic E-state index is 0.485. The normalized spacial score (nSPS) is 12.3. The lowest BCUT2D eigenvalue weighted by Gasteiger charge is -2.09. The van der Waals surface area contributed by atoms with Crippen LogP contribution in [0.2, 0.25) is 0 Å². The first kappa shape index (κ1) is 16.2. The molecule has 1 aromatic rings. The highest BCUT2D eigenvalue weighted by atomic mass is 32.2. The molecule has 0 bridgehead atoms. The Hall–Kier alpha value is -0.870. The second kappa shape index (κ2) is 9.98. The van der Waals surface area contributed by atoms with Crippen LogP contribution in [0.4, 0.5) is 0 Å². The van der Waals surface area contributed by atoms with Crippen molar-refractivity contribution in [3.63, 3.8) is 0 Å². The number of benzene rings is 1. The maximum Gasteiger partial charge on any atom is 0.123 e. The topological polar surface area (TPSA) is 52.3 Å². The van der Waals surface area contributed by atoms with Gasteiger partial charge in [-0.15, -0.1) is 0 Å². The van der Waals surface area contributed by atoms with Crippen LogP contribution in [-0.4, -0.2) is 22.3 Å². The summed E-state index contributed by atoms with van der Waals surface area (Å²) in [6, 6.07) is 7.80. The minimum Gasteiger partial charge on any atom is -0.493 e. The smallest absolute Gasteiger partial charge is 0.123 e. The Bertz CT molecular complexity index is 382. The lowest BCUT2D eigenvalue weighted by atomic mass is 10.2. The molecule has 0 aromatic heterocycles. The van der Waals surface area contributed by atoms with Crippen LogP contribution < -0.4 is 10.5 Å². The van der Waals surface area contributed by atoms with E-state index in [9.17, 15) is 4.21 Å².